The number of hydrogen-bond donors (Lipinski definition) is 0. The molecule has 2 bridgehead atoms. The molecule has 3 aliphatic rings. The Balaban J connectivity index is 1.99. The van der Waals surface area contributed by atoms with Crippen LogP contribution in [0.25, 0.3) is 0 Å². The van der Waals surface area contributed by atoms with Crippen LogP contribution in [0.5, 0.6) is 0 Å². The molecule has 3 aliphatic carbocycles. The first-order valence-electron chi connectivity index (χ1n) is 6.59. The van der Waals surface area contributed by atoms with Gasteiger partial charge in [0.05, 0.1) is 5.92 Å². The third kappa shape index (κ3) is 2.41. The number of esters is 1. The van der Waals surface area contributed by atoms with Crippen LogP contribution in [0.3, 0.4) is 0 Å². The fraction of sp³-hybridized carbons (Fsp3) is 0.929. The van der Waals surface area contributed by atoms with Gasteiger partial charge in [0.15, 0.2) is 0 Å². The summed E-state index contributed by atoms with van der Waals surface area (Å²) in [5.74, 6) is 2.41. The van der Waals surface area contributed by atoms with Crippen molar-refractivity contribution in [3.63, 3.8) is 0 Å². The van der Waals surface area contributed by atoms with E-state index in [2.05, 4.69) is 6.92 Å². The van der Waals surface area contributed by atoms with Crippen molar-refractivity contribution in [1.82, 2.24) is 0 Å². The van der Waals surface area contributed by atoms with Gasteiger partial charge in [-0.05, 0) is 64.2 Å². The molecular weight excluding hydrogens is 200 g/mol. The average molecular weight is 224 g/mol. The molecule has 0 aromatic heterocycles. The second kappa shape index (κ2) is 4.05. The molecule has 0 heterocycles. The average Bonchev–Trinajstić information content (AvgIpc) is 2.15. The van der Waals surface area contributed by atoms with E-state index >= 15 is 0 Å². The molecule has 0 N–H and O–H groups in total. The topological polar surface area (TPSA) is 26.3 Å². The minimum Gasteiger partial charge on any atom is -0.460 e. The largest absolute Gasteiger partial charge is 0.460 e. The van der Waals surface area contributed by atoms with Gasteiger partial charge in [0.2, 0.25) is 0 Å². The first-order chi connectivity index (χ1) is 7.37. The predicted octanol–water partition coefficient (Wildman–Crippen LogP) is 3.40. The van der Waals surface area contributed by atoms with Crippen LogP contribution in [0.4, 0.5) is 0 Å². The van der Waals surface area contributed by atoms with E-state index in [9.17, 15) is 4.79 Å². The molecule has 3 rings (SSSR count). The van der Waals surface area contributed by atoms with E-state index in [-0.39, 0.29) is 17.5 Å². The molecule has 4 atom stereocenters. The van der Waals surface area contributed by atoms with Crippen molar-refractivity contribution in [2.75, 3.05) is 0 Å². The van der Waals surface area contributed by atoms with Crippen LogP contribution in [0.15, 0.2) is 0 Å². The zero-order valence-corrected chi connectivity index (χ0v) is 11.0. The minimum atomic E-state index is -0.334. The van der Waals surface area contributed by atoms with Crippen LogP contribution in [-0.4, -0.2) is 11.6 Å². The normalized spacial score (nSPS) is 38.5. The smallest absolute Gasteiger partial charge is 0.309 e. The van der Waals surface area contributed by atoms with Gasteiger partial charge in [0.1, 0.15) is 5.60 Å². The van der Waals surface area contributed by atoms with Gasteiger partial charge in [-0.1, -0.05) is 6.92 Å². The maximum atomic E-state index is 12.1. The van der Waals surface area contributed by atoms with Crippen molar-refractivity contribution in [1.29, 1.82) is 0 Å². The van der Waals surface area contributed by atoms with Gasteiger partial charge in [-0.15, -0.1) is 0 Å². The molecular formula is C14H24O2. The molecule has 3 fully saturated rings. The van der Waals surface area contributed by atoms with Gasteiger partial charge in [-0.2, -0.15) is 0 Å². The lowest BCUT2D eigenvalue weighted by Gasteiger charge is -2.45. The maximum absolute atomic E-state index is 12.1. The van der Waals surface area contributed by atoms with E-state index in [1.165, 1.54) is 19.3 Å². The number of hydrogen-bond acceptors (Lipinski definition) is 2. The summed E-state index contributed by atoms with van der Waals surface area (Å²) in [5, 5.41) is 0. The number of carbonyl (C=O) groups is 1. The highest BCUT2D eigenvalue weighted by Gasteiger charge is 2.44. The van der Waals surface area contributed by atoms with Gasteiger partial charge < -0.3 is 4.74 Å². The Labute approximate surface area is 98.7 Å². The first kappa shape index (κ1) is 11.9. The number of ether oxygens (including phenoxy) is 1. The highest BCUT2D eigenvalue weighted by atomic mass is 16.6. The van der Waals surface area contributed by atoms with Crippen LogP contribution >= 0.6 is 0 Å². The summed E-state index contributed by atoms with van der Waals surface area (Å²) in [6.07, 6.45) is 4.86. The Morgan fingerprint density at radius 2 is 1.75 bits per heavy atom. The van der Waals surface area contributed by atoms with E-state index in [0.717, 1.165) is 18.3 Å². The van der Waals surface area contributed by atoms with Crippen LogP contribution in [-0.2, 0) is 9.53 Å². The first-order valence-corrected chi connectivity index (χ1v) is 6.59. The summed E-state index contributed by atoms with van der Waals surface area (Å²) in [7, 11) is 0. The molecule has 3 saturated carbocycles. The molecule has 0 aromatic rings. The number of fused-ring (bicyclic) bond motifs is 3. The molecule has 4 unspecified atom stereocenters. The van der Waals surface area contributed by atoms with Gasteiger partial charge in [-0.25, -0.2) is 0 Å². The zero-order chi connectivity index (χ0) is 11.9. The van der Waals surface area contributed by atoms with E-state index in [0.29, 0.717) is 5.92 Å². The highest BCUT2D eigenvalue weighted by molar-refractivity contribution is 5.73. The van der Waals surface area contributed by atoms with Crippen molar-refractivity contribution >= 4 is 5.97 Å². The summed E-state index contributed by atoms with van der Waals surface area (Å²) in [4.78, 5) is 12.1. The Morgan fingerprint density at radius 3 is 2.19 bits per heavy atom. The SMILES string of the molecule is CC1CC2CCC1CC2C(=O)OC(C)(C)C. The van der Waals surface area contributed by atoms with Crippen molar-refractivity contribution in [3.05, 3.63) is 0 Å². The summed E-state index contributed by atoms with van der Waals surface area (Å²) in [6, 6.07) is 0. The van der Waals surface area contributed by atoms with Crippen LogP contribution < -0.4 is 0 Å². The van der Waals surface area contributed by atoms with E-state index in [1.54, 1.807) is 0 Å². The molecule has 0 amide bonds. The Hall–Kier alpha value is -0.530. The minimum absolute atomic E-state index is 0.0501. The fourth-order valence-electron chi connectivity index (χ4n) is 3.40. The molecule has 0 aromatic carbocycles. The van der Waals surface area contributed by atoms with Gasteiger partial charge in [0, 0.05) is 0 Å². The highest BCUT2D eigenvalue weighted by Crippen LogP contribution is 2.48. The molecule has 0 aliphatic heterocycles. The third-order valence-electron chi connectivity index (χ3n) is 4.22. The summed E-state index contributed by atoms with van der Waals surface area (Å²) in [6.45, 7) is 8.19. The molecule has 92 valence electrons. The second-order valence-electron chi connectivity index (χ2n) is 6.69. The molecule has 0 radical (unpaired) electrons. The van der Waals surface area contributed by atoms with E-state index in [4.69, 9.17) is 4.74 Å². The monoisotopic (exact) mass is 224 g/mol. The van der Waals surface area contributed by atoms with Crippen LogP contribution in [0.1, 0.15) is 53.4 Å². The summed E-state index contributed by atoms with van der Waals surface area (Å²) < 4.78 is 5.53. The Bertz CT molecular complexity index is 277. The van der Waals surface area contributed by atoms with Crippen molar-refractivity contribution < 1.29 is 9.53 Å². The number of rotatable bonds is 1. The lowest BCUT2D eigenvalue weighted by atomic mass is 9.60. The van der Waals surface area contributed by atoms with Crippen molar-refractivity contribution in [2.45, 2.75) is 59.0 Å². The third-order valence-corrected chi connectivity index (χ3v) is 4.22. The standard InChI is InChI=1S/C14H24O2/c1-9-7-11-6-5-10(9)8-12(11)13(15)16-14(2,3)4/h9-12H,5-8H2,1-4H3. The van der Waals surface area contributed by atoms with Gasteiger partial charge in [0.25, 0.3) is 0 Å². The lowest BCUT2D eigenvalue weighted by molar-refractivity contribution is -0.167. The van der Waals surface area contributed by atoms with E-state index in [1.807, 2.05) is 20.8 Å². The lowest BCUT2D eigenvalue weighted by Crippen LogP contribution is -2.42. The quantitative estimate of drug-likeness (QED) is 0.638. The summed E-state index contributed by atoms with van der Waals surface area (Å²) >= 11 is 0. The van der Waals surface area contributed by atoms with Crippen LogP contribution in [0.2, 0.25) is 0 Å². The molecule has 0 saturated heterocycles. The number of carbonyl (C=O) groups excluding carboxylic acids is 1. The van der Waals surface area contributed by atoms with Gasteiger partial charge >= 0.3 is 5.97 Å². The second-order valence-corrected chi connectivity index (χ2v) is 6.69. The fourth-order valence-corrected chi connectivity index (χ4v) is 3.40. The van der Waals surface area contributed by atoms with Crippen molar-refractivity contribution in [2.24, 2.45) is 23.7 Å². The molecule has 16 heavy (non-hydrogen) atoms. The zero-order valence-electron chi connectivity index (χ0n) is 11.0. The summed E-state index contributed by atoms with van der Waals surface area (Å²) in [5.41, 5.74) is -0.334. The van der Waals surface area contributed by atoms with Crippen molar-refractivity contribution in [3.8, 4) is 0 Å². The molecule has 2 heteroatoms. The predicted molar refractivity (Wildman–Crippen MR) is 63.9 cm³/mol. The maximum Gasteiger partial charge on any atom is 0.309 e. The Kier molecular flexibility index (Phi) is 3.02. The molecule has 2 nitrogen and oxygen atoms in total. The van der Waals surface area contributed by atoms with Gasteiger partial charge in [-0.3, -0.25) is 4.79 Å². The van der Waals surface area contributed by atoms with E-state index < -0.39 is 0 Å². The van der Waals surface area contributed by atoms with Crippen LogP contribution in [0, 0.1) is 23.7 Å². The Morgan fingerprint density at radius 1 is 1.12 bits per heavy atom. The molecule has 0 spiro atoms.